The molecule has 0 spiro atoms. The molecule has 0 radical (unpaired) electrons. The van der Waals surface area contributed by atoms with Gasteiger partial charge in [-0.3, -0.25) is 4.90 Å². The van der Waals surface area contributed by atoms with Crippen LogP contribution in [0.5, 0.6) is 0 Å². The third-order valence-corrected chi connectivity index (χ3v) is 11.5. The van der Waals surface area contributed by atoms with Crippen molar-refractivity contribution in [1.82, 2.24) is 4.90 Å². The molecule has 0 N–H and O–H groups in total. The molecule has 2 saturated carbocycles. The van der Waals surface area contributed by atoms with E-state index in [2.05, 4.69) is 104 Å². The Balaban J connectivity index is 1.54. The van der Waals surface area contributed by atoms with Gasteiger partial charge in [0.1, 0.15) is 6.17 Å². The van der Waals surface area contributed by atoms with Gasteiger partial charge in [0.15, 0.2) is 0 Å². The summed E-state index contributed by atoms with van der Waals surface area (Å²) in [5.74, 6) is 1.46. The van der Waals surface area contributed by atoms with Crippen LogP contribution in [0.2, 0.25) is 0 Å². The van der Waals surface area contributed by atoms with Crippen molar-refractivity contribution in [3.8, 4) is 0 Å². The molecule has 3 aromatic rings. The maximum Gasteiger partial charge on any atom is 0.110 e. The number of benzene rings is 3. The summed E-state index contributed by atoms with van der Waals surface area (Å²) in [6, 6.07) is 26.7. The van der Waals surface area contributed by atoms with Crippen molar-refractivity contribution < 1.29 is 0 Å². The average molecular weight is 533 g/mol. The summed E-state index contributed by atoms with van der Waals surface area (Å²) in [4.78, 5) is 6.02. The van der Waals surface area contributed by atoms with Gasteiger partial charge in [0.25, 0.3) is 0 Å². The van der Waals surface area contributed by atoms with Gasteiger partial charge < -0.3 is 4.90 Å². The van der Waals surface area contributed by atoms with Crippen molar-refractivity contribution in [2.45, 2.75) is 116 Å². The molecule has 40 heavy (non-hydrogen) atoms. The first-order valence-corrected chi connectivity index (χ1v) is 16.3. The van der Waals surface area contributed by atoms with Crippen molar-refractivity contribution in [3.63, 3.8) is 0 Å². The number of hydrogen-bond acceptors (Lipinski definition) is 2. The summed E-state index contributed by atoms with van der Waals surface area (Å²) in [5.41, 5.74) is 10.7. The molecule has 3 fully saturated rings. The van der Waals surface area contributed by atoms with E-state index in [4.69, 9.17) is 0 Å². The highest BCUT2D eigenvalue weighted by Gasteiger charge is 2.65. The Hall–Kier alpha value is -2.58. The Bertz CT molecular complexity index is 1320. The van der Waals surface area contributed by atoms with E-state index in [1.54, 1.807) is 16.7 Å². The van der Waals surface area contributed by atoms with Gasteiger partial charge in [-0.15, -0.1) is 0 Å². The second-order valence-electron chi connectivity index (χ2n) is 13.5. The monoisotopic (exact) mass is 532 g/mol. The Labute approximate surface area is 242 Å². The minimum Gasteiger partial charge on any atom is -0.347 e. The number of rotatable bonds is 4. The molecule has 2 aliphatic heterocycles. The smallest absolute Gasteiger partial charge is 0.110 e. The molecule has 3 atom stereocenters. The van der Waals surface area contributed by atoms with Crippen molar-refractivity contribution in [3.05, 3.63) is 100 Å². The zero-order valence-corrected chi connectivity index (χ0v) is 25.2. The largest absolute Gasteiger partial charge is 0.347 e. The fourth-order valence-corrected chi connectivity index (χ4v) is 9.99. The molecule has 1 saturated heterocycles. The van der Waals surface area contributed by atoms with Crippen LogP contribution in [0.25, 0.3) is 0 Å². The third kappa shape index (κ3) is 3.78. The lowest BCUT2D eigenvalue weighted by Crippen LogP contribution is -2.55. The van der Waals surface area contributed by atoms with Gasteiger partial charge in [-0.05, 0) is 105 Å². The number of aryl methyl sites for hydroxylation is 3. The van der Waals surface area contributed by atoms with Crippen LogP contribution in [0.3, 0.4) is 0 Å². The van der Waals surface area contributed by atoms with E-state index < -0.39 is 0 Å². The number of nitrogens with zero attached hydrogens (tertiary/aromatic N) is 2. The van der Waals surface area contributed by atoms with Gasteiger partial charge in [0.2, 0.25) is 0 Å². The highest BCUT2D eigenvalue weighted by molar-refractivity contribution is 5.61. The number of anilines is 1. The second-order valence-corrected chi connectivity index (χ2v) is 13.5. The number of hydrogen-bond donors (Lipinski definition) is 0. The standard InChI is InChI=1S/C38H48N2/c1-26-16-11-14-25-34(26)39-29(4)36-32-23-12-13-24-33(32)38(30-19-7-5-8-20-30,31-21-9-6-10-22-31)40(36)37(39)35-27(2)17-15-18-28(35)3/h11-18,23-25,29-31,36-37H,5-10,19-22H2,1-4H3/t29-,36?,37?/m0/s1. The van der Waals surface area contributed by atoms with Gasteiger partial charge >= 0.3 is 0 Å². The van der Waals surface area contributed by atoms with E-state index in [-0.39, 0.29) is 11.7 Å². The fraction of sp³-hybridized carbons (Fsp3) is 0.526. The van der Waals surface area contributed by atoms with E-state index in [1.807, 2.05) is 0 Å². The molecule has 210 valence electrons. The summed E-state index contributed by atoms with van der Waals surface area (Å²) < 4.78 is 0. The Morgan fingerprint density at radius 3 is 1.80 bits per heavy atom. The van der Waals surface area contributed by atoms with Gasteiger partial charge in [0.05, 0.1) is 11.6 Å². The maximum absolute atomic E-state index is 3.16. The van der Waals surface area contributed by atoms with Gasteiger partial charge in [-0.2, -0.15) is 0 Å². The van der Waals surface area contributed by atoms with Crippen LogP contribution in [0.4, 0.5) is 5.69 Å². The van der Waals surface area contributed by atoms with Crippen LogP contribution in [0.15, 0.2) is 66.7 Å². The van der Waals surface area contributed by atoms with Crippen molar-refractivity contribution in [1.29, 1.82) is 0 Å². The van der Waals surface area contributed by atoms with Gasteiger partial charge in [0, 0.05) is 11.7 Å². The first-order chi connectivity index (χ1) is 19.5. The Kier molecular flexibility index (Phi) is 6.82. The molecular formula is C38H48N2. The zero-order valence-electron chi connectivity index (χ0n) is 25.2. The molecule has 2 unspecified atom stereocenters. The fourth-order valence-electron chi connectivity index (χ4n) is 9.99. The molecule has 3 aromatic carbocycles. The summed E-state index contributed by atoms with van der Waals surface area (Å²) in [6.45, 7) is 9.58. The summed E-state index contributed by atoms with van der Waals surface area (Å²) >= 11 is 0. The molecule has 2 heterocycles. The predicted molar refractivity (Wildman–Crippen MR) is 168 cm³/mol. The van der Waals surface area contributed by atoms with Crippen molar-refractivity contribution in [2.75, 3.05) is 4.90 Å². The van der Waals surface area contributed by atoms with Gasteiger partial charge in [-0.1, -0.05) is 99.2 Å². The lowest BCUT2D eigenvalue weighted by molar-refractivity contribution is -0.0658. The lowest BCUT2D eigenvalue weighted by Gasteiger charge is -2.55. The predicted octanol–water partition coefficient (Wildman–Crippen LogP) is 9.93. The highest BCUT2D eigenvalue weighted by atomic mass is 15.5. The molecule has 2 aliphatic carbocycles. The highest BCUT2D eigenvalue weighted by Crippen LogP contribution is 2.67. The van der Waals surface area contributed by atoms with Crippen LogP contribution < -0.4 is 4.90 Å². The quantitative estimate of drug-likeness (QED) is 0.330. The van der Waals surface area contributed by atoms with Crippen LogP contribution in [-0.2, 0) is 5.54 Å². The minimum absolute atomic E-state index is 0.104. The SMILES string of the molecule is Cc1ccccc1N1C(c2c(C)cccc2C)N2C(c3ccccc3C2(C2CCCCC2)C2CCCCC2)[C@@H]1C. The molecule has 0 amide bonds. The molecule has 0 bridgehead atoms. The Morgan fingerprint density at radius 1 is 0.625 bits per heavy atom. The molecule has 2 nitrogen and oxygen atoms in total. The zero-order chi connectivity index (χ0) is 27.4. The van der Waals surface area contributed by atoms with E-state index in [1.165, 1.54) is 86.6 Å². The number of fused-ring (bicyclic) bond motifs is 3. The van der Waals surface area contributed by atoms with Crippen LogP contribution >= 0.6 is 0 Å². The van der Waals surface area contributed by atoms with E-state index in [0.29, 0.717) is 12.1 Å². The molecular weight excluding hydrogens is 484 g/mol. The summed E-state index contributed by atoms with van der Waals surface area (Å²) in [6.07, 6.45) is 14.2. The Morgan fingerprint density at radius 2 is 1.18 bits per heavy atom. The van der Waals surface area contributed by atoms with E-state index in [9.17, 15) is 0 Å². The normalized spacial score (nSPS) is 27.1. The first-order valence-electron chi connectivity index (χ1n) is 16.3. The molecule has 4 aliphatic rings. The topological polar surface area (TPSA) is 6.48 Å². The second kappa shape index (κ2) is 10.4. The first kappa shape index (κ1) is 26.3. The summed E-state index contributed by atoms with van der Waals surface area (Å²) in [7, 11) is 0. The maximum atomic E-state index is 3.16. The van der Waals surface area contributed by atoms with Crippen LogP contribution in [0.1, 0.15) is 117 Å². The van der Waals surface area contributed by atoms with Crippen LogP contribution in [-0.4, -0.2) is 10.9 Å². The average Bonchev–Trinajstić information content (AvgIpc) is 3.45. The molecule has 0 aromatic heterocycles. The summed E-state index contributed by atoms with van der Waals surface area (Å²) in [5, 5.41) is 0. The molecule has 2 heteroatoms. The van der Waals surface area contributed by atoms with Crippen LogP contribution in [0, 0.1) is 32.6 Å². The lowest BCUT2D eigenvalue weighted by atomic mass is 9.61. The van der Waals surface area contributed by atoms with Gasteiger partial charge in [-0.25, -0.2) is 0 Å². The third-order valence-electron chi connectivity index (χ3n) is 11.5. The minimum atomic E-state index is 0.104. The number of para-hydroxylation sites is 1. The molecule has 7 rings (SSSR count). The van der Waals surface area contributed by atoms with E-state index in [0.717, 1.165) is 11.8 Å². The van der Waals surface area contributed by atoms with E-state index >= 15 is 0 Å². The van der Waals surface area contributed by atoms with Crippen molar-refractivity contribution >= 4 is 5.69 Å². The van der Waals surface area contributed by atoms with Crippen molar-refractivity contribution in [2.24, 2.45) is 11.8 Å².